The van der Waals surface area contributed by atoms with E-state index in [9.17, 15) is 19.2 Å². The minimum Gasteiger partial charge on any atom is -0.490 e. The van der Waals surface area contributed by atoms with Crippen molar-refractivity contribution in [2.45, 2.75) is 20.8 Å². The molecule has 0 radical (unpaired) electrons. The van der Waals surface area contributed by atoms with Gasteiger partial charge >= 0.3 is 6.03 Å². The largest absolute Gasteiger partial charge is 0.490 e. The van der Waals surface area contributed by atoms with Crippen molar-refractivity contribution in [2.75, 3.05) is 23.4 Å². The van der Waals surface area contributed by atoms with Crippen LogP contribution in [0.1, 0.15) is 23.6 Å². The Bertz CT molecular complexity index is 1500. The van der Waals surface area contributed by atoms with Crippen LogP contribution < -0.4 is 25.0 Å². The van der Waals surface area contributed by atoms with Crippen LogP contribution in [0, 0.1) is 13.8 Å². The first-order chi connectivity index (χ1) is 18.7. The molecule has 10 heteroatoms. The van der Waals surface area contributed by atoms with Crippen LogP contribution in [0.4, 0.5) is 16.2 Å². The number of halogens is 1. The predicted octanol–water partition coefficient (Wildman–Crippen LogP) is 5.04. The monoisotopic (exact) mass is 547 g/mol. The summed E-state index contributed by atoms with van der Waals surface area (Å²) in [4.78, 5) is 51.7. The lowest BCUT2D eigenvalue weighted by atomic mass is 10.1. The highest BCUT2D eigenvalue weighted by molar-refractivity contribution is 6.40. The molecular formula is C29H26ClN3O6. The Morgan fingerprint density at radius 1 is 1.00 bits per heavy atom. The zero-order valence-corrected chi connectivity index (χ0v) is 22.3. The Kier molecular flexibility index (Phi) is 8.31. The normalized spacial score (nSPS) is 14.3. The molecule has 0 spiro atoms. The van der Waals surface area contributed by atoms with Crippen LogP contribution in [0.2, 0.25) is 5.02 Å². The van der Waals surface area contributed by atoms with Gasteiger partial charge in [-0.1, -0.05) is 41.9 Å². The van der Waals surface area contributed by atoms with Crippen molar-refractivity contribution in [2.24, 2.45) is 0 Å². The van der Waals surface area contributed by atoms with Crippen LogP contribution >= 0.6 is 11.6 Å². The number of urea groups is 1. The van der Waals surface area contributed by atoms with Gasteiger partial charge in [-0.2, -0.15) is 0 Å². The van der Waals surface area contributed by atoms with Crippen LogP contribution in [0.5, 0.6) is 11.5 Å². The molecule has 3 aromatic rings. The highest BCUT2D eigenvalue weighted by atomic mass is 35.5. The third-order valence-corrected chi connectivity index (χ3v) is 6.35. The minimum atomic E-state index is -0.866. The number of carbonyl (C=O) groups is 4. The van der Waals surface area contributed by atoms with Crippen LogP contribution in [-0.2, 0) is 14.4 Å². The molecule has 0 bridgehead atoms. The highest BCUT2D eigenvalue weighted by Gasteiger charge is 2.37. The Morgan fingerprint density at radius 2 is 1.77 bits per heavy atom. The topological polar surface area (TPSA) is 114 Å². The molecule has 1 saturated heterocycles. The van der Waals surface area contributed by atoms with E-state index in [-0.39, 0.29) is 23.8 Å². The van der Waals surface area contributed by atoms with E-state index in [2.05, 4.69) is 10.6 Å². The van der Waals surface area contributed by atoms with Crippen molar-refractivity contribution in [3.8, 4) is 11.5 Å². The van der Waals surface area contributed by atoms with Gasteiger partial charge in [-0.3, -0.25) is 19.7 Å². The Hall–Kier alpha value is -4.63. The van der Waals surface area contributed by atoms with Gasteiger partial charge < -0.3 is 14.8 Å². The Labute approximate surface area is 230 Å². The molecule has 200 valence electrons. The maximum absolute atomic E-state index is 13.3. The van der Waals surface area contributed by atoms with Gasteiger partial charge in [-0.15, -0.1) is 0 Å². The molecule has 5 amide bonds. The van der Waals surface area contributed by atoms with E-state index in [1.165, 1.54) is 6.08 Å². The summed E-state index contributed by atoms with van der Waals surface area (Å²) in [5.41, 5.74) is 2.60. The lowest BCUT2D eigenvalue weighted by Gasteiger charge is -2.27. The summed E-state index contributed by atoms with van der Waals surface area (Å²) < 4.78 is 11.4. The first-order valence-corrected chi connectivity index (χ1v) is 12.5. The van der Waals surface area contributed by atoms with E-state index in [0.29, 0.717) is 39.9 Å². The molecule has 1 aliphatic heterocycles. The van der Waals surface area contributed by atoms with Crippen LogP contribution in [0.25, 0.3) is 6.08 Å². The average molecular weight is 548 g/mol. The van der Waals surface area contributed by atoms with Crippen molar-refractivity contribution < 1.29 is 28.7 Å². The number of carbonyl (C=O) groups excluding carboxylic acids is 4. The number of ether oxygens (including phenoxy) is 2. The second kappa shape index (κ2) is 11.8. The molecule has 1 heterocycles. The standard InChI is InChI=1S/C29H26ClN3O6/c1-4-38-25-15-19(12-13-24(25)39-16-26(34)31-22-10-6-5-8-17(22)2)14-20-27(35)32-29(37)33(28(20)36)23-11-7-9-21(30)18(23)3/h5-15H,4,16H2,1-3H3,(H,31,34)(H,32,35,37)/b20-14-. The molecular weight excluding hydrogens is 522 g/mol. The molecule has 0 aliphatic carbocycles. The third-order valence-electron chi connectivity index (χ3n) is 5.94. The maximum atomic E-state index is 13.3. The van der Waals surface area contributed by atoms with Crippen LogP contribution in [-0.4, -0.2) is 37.0 Å². The fourth-order valence-corrected chi connectivity index (χ4v) is 4.10. The summed E-state index contributed by atoms with van der Waals surface area (Å²) in [5, 5.41) is 5.37. The van der Waals surface area contributed by atoms with Gasteiger partial charge in [-0.05, 0) is 73.9 Å². The van der Waals surface area contributed by atoms with Crippen molar-refractivity contribution in [1.82, 2.24) is 5.32 Å². The molecule has 4 rings (SSSR count). The fourth-order valence-electron chi connectivity index (χ4n) is 3.93. The first kappa shape index (κ1) is 27.4. The second-order valence-electron chi connectivity index (χ2n) is 8.63. The van der Waals surface area contributed by atoms with Gasteiger partial charge in [0.05, 0.1) is 12.3 Å². The highest BCUT2D eigenvalue weighted by Crippen LogP contribution is 2.32. The second-order valence-corrected chi connectivity index (χ2v) is 9.04. The van der Waals surface area contributed by atoms with E-state index in [1.54, 1.807) is 56.3 Å². The van der Waals surface area contributed by atoms with Gasteiger partial charge in [0.15, 0.2) is 18.1 Å². The maximum Gasteiger partial charge on any atom is 0.335 e. The molecule has 0 aromatic heterocycles. The average Bonchev–Trinajstić information content (AvgIpc) is 2.90. The number of benzene rings is 3. The van der Waals surface area contributed by atoms with Crippen molar-refractivity contribution >= 4 is 52.8 Å². The van der Waals surface area contributed by atoms with Crippen molar-refractivity contribution in [1.29, 1.82) is 0 Å². The molecule has 9 nitrogen and oxygen atoms in total. The van der Waals surface area contributed by atoms with E-state index < -0.39 is 17.8 Å². The minimum absolute atomic E-state index is 0.247. The van der Waals surface area contributed by atoms with Crippen LogP contribution in [0.3, 0.4) is 0 Å². The third kappa shape index (κ3) is 6.10. The lowest BCUT2D eigenvalue weighted by Crippen LogP contribution is -2.54. The number of rotatable bonds is 8. The van der Waals surface area contributed by atoms with Gasteiger partial charge in [0.2, 0.25) is 0 Å². The quantitative estimate of drug-likeness (QED) is 0.302. The number of anilines is 2. The lowest BCUT2D eigenvalue weighted by molar-refractivity contribution is -0.122. The smallest absolute Gasteiger partial charge is 0.335 e. The van der Waals surface area contributed by atoms with E-state index in [4.69, 9.17) is 21.1 Å². The van der Waals surface area contributed by atoms with Gasteiger partial charge in [0.1, 0.15) is 5.57 Å². The van der Waals surface area contributed by atoms with Crippen molar-refractivity contribution in [3.05, 3.63) is 87.9 Å². The van der Waals surface area contributed by atoms with Gasteiger partial charge in [0.25, 0.3) is 17.7 Å². The summed E-state index contributed by atoms with van der Waals surface area (Å²) in [7, 11) is 0. The summed E-state index contributed by atoms with van der Waals surface area (Å²) >= 11 is 6.18. The zero-order valence-electron chi connectivity index (χ0n) is 21.5. The molecule has 39 heavy (non-hydrogen) atoms. The van der Waals surface area contributed by atoms with E-state index in [0.717, 1.165) is 10.5 Å². The fraction of sp³-hybridized carbons (Fsp3) is 0.172. The van der Waals surface area contributed by atoms with Crippen LogP contribution in [0.15, 0.2) is 66.2 Å². The summed E-state index contributed by atoms with van der Waals surface area (Å²) in [6, 6.07) is 16.1. The number of nitrogens with zero attached hydrogens (tertiary/aromatic N) is 1. The number of amides is 5. The zero-order chi connectivity index (χ0) is 28.1. The summed E-state index contributed by atoms with van der Waals surface area (Å²) in [6.45, 7) is 5.40. The van der Waals surface area contributed by atoms with E-state index >= 15 is 0 Å². The van der Waals surface area contributed by atoms with Gasteiger partial charge in [0, 0.05) is 10.7 Å². The molecule has 1 aliphatic rings. The molecule has 1 fully saturated rings. The molecule has 0 unspecified atom stereocenters. The van der Waals surface area contributed by atoms with E-state index in [1.807, 2.05) is 25.1 Å². The predicted molar refractivity (Wildman–Crippen MR) is 148 cm³/mol. The number of hydrogen-bond donors (Lipinski definition) is 2. The number of para-hydroxylation sites is 1. The first-order valence-electron chi connectivity index (χ1n) is 12.1. The molecule has 0 atom stereocenters. The molecule has 3 aromatic carbocycles. The Balaban J connectivity index is 1.56. The molecule has 2 N–H and O–H groups in total. The van der Waals surface area contributed by atoms with Crippen molar-refractivity contribution in [3.63, 3.8) is 0 Å². The number of aryl methyl sites for hydroxylation is 1. The SMILES string of the molecule is CCOc1cc(/C=C2/C(=O)NC(=O)N(c3cccc(Cl)c3C)C2=O)ccc1OCC(=O)Nc1ccccc1C. The number of imide groups is 2. The number of barbiturate groups is 1. The Morgan fingerprint density at radius 3 is 2.51 bits per heavy atom. The molecule has 0 saturated carbocycles. The summed E-state index contributed by atoms with van der Waals surface area (Å²) in [6.07, 6.45) is 1.36. The van der Waals surface area contributed by atoms with Gasteiger partial charge in [-0.25, -0.2) is 9.69 Å². The number of hydrogen-bond acceptors (Lipinski definition) is 6. The summed E-state index contributed by atoms with van der Waals surface area (Å²) in [5.74, 6) is -1.33. The number of nitrogens with one attached hydrogen (secondary N) is 2.